The Hall–Kier alpha value is -0.590. The number of hydrogen-bond acceptors (Lipinski definition) is 6. The molecule has 1 saturated carbocycles. The summed E-state index contributed by atoms with van der Waals surface area (Å²) in [6, 6.07) is 0.312. The summed E-state index contributed by atoms with van der Waals surface area (Å²) in [6.45, 7) is 1.91. The van der Waals surface area contributed by atoms with Gasteiger partial charge in [0.25, 0.3) is 0 Å². The van der Waals surface area contributed by atoms with E-state index in [9.17, 15) is 0 Å². The van der Waals surface area contributed by atoms with Gasteiger partial charge in [-0.15, -0.1) is 0 Å². The molecule has 5 nitrogen and oxygen atoms in total. The molecule has 0 amide bonds. The molecule has 1 aliphatic carbocycles. The van der Waals surface area contributed by atoms with Gasteiger partial charge >= 0.3 is 0 Å². The molecule has 1 saturated heterocycles. The minimum absolute atomic E-state index is 0.312. The standard InChI is InChI=1S/C14H24N4OS/c1-18-6-7-20-9-12(18)13-16-14(19-17-13)11-4-2-10(8-15)3-5-11/h10-12H,2-9,15H2,1H3. The lowest BCUT2D eigenvalue weighted by molar-refractivity contribution is 0.251. The second-order valence-corrected chi connectivity index (χ2v) is 7.17. The number of thioether (sulfide) groups is 1. The first-order chi connectivity index (χ1) is 9.78. The van der Waals surface area contributed by atoms with Gasteiger partial charge in [0, 0.05) is 24.0 Å². The van der Waals surface area contributed by atoms with Crippen LogP contribution in [0.2, 0.25) is 0 Å². The molecule has 2 N–H and O–H groups in total. The van der Waals surface area contributed by atoms with E-state index < -0.39 is 0 Å². The predicted molar refractivity (Wildman–Crippen MR) is 80.7 cm³/mol. The molecule has 2 aliphatic rings. The van der Waals surface area contributed by atoms with Gasteiger partial charge in [-0.1, -0.05) is 5.16 Å². The lowest BCUT2D eigenvalue weighted by Gasteiger charge is -2.29. The minimum Gasteiger partial charge on any atom is -0.339 e. The largest absolute Gasteiger partial charge is 0.339 e. The van der Waals surface area contributed by atoms with Crippen molar-refractivity contribution in [2.75, 3.05) is 31.6 Å². The fourth-order valence-electron chi connectivity index (χ4n) is 3.15. The number of aromatic nitrogens is 2. The van der Waals surface area contributed by atoms with Crippen LogP contribution in [0.4, 0.5) is 0 Å². The van der Waals surface area contributed by atoms with Crippen LogP contribution in [0.3, 0.4) is 0 Å². The van der Waals surface area contributed by atoms with Gasteiger partial charge in [-0.05, 0) is 45.2 Å². The number of nitrogens with zero attached hydrogens (tertiary/aromatic N) is 3. The van der Waals surface area contributed by atoms with Crippen molar-refractivity contribution in [2.24, 2.45) is 11.7 Å². The van der Waals surface area contributed by atoms with E-state index in [0.29, 0.717) is 17.9 Å². The highest BCUT2D eigenvalue weighted by atomic mass is 32.2. The lowest BCUT2D eigenvalue weighted by atomic mass is 9.82. The van der Waals surface area contributed by atoms with E-state index in [-0.39, 0.29) is 0 Å². The maximum atomic E-state index is 5.75. The van der Waals surface area contributed by atoms with E-state index in [4.69, 9.17) is 15.2 Å². The Morgan fingerprint density at radius 3 is 2.85 bits per heavy atom. The van der Waals surface area contributed by atoms with E-state index in [1.807, 2.05) is 11.8 Å². The average Bonchev–Trinajstić information content (AvgIpc) is 2.97. The highest BCUT2D eigenvalue weighted by Crippen LogP contribution is 2.35. The molecule has 1 aromatic heterocycles. The molecular weight excluding hydrogens is 272 g/mol. The van der Waals surface area contributed by atoms with Crippen molar-refractivity contribution in [3.63, 3.8) is 0 Å². The van der Waals surface area contributed by atoms with Crippen molar-refractivity contribution in [2.45, 2.75) is 37.6 Å². The third-order valence-electron chi connectivity index (χ3n) is 4.68. The monoisotopic (exact) mass is 296 g/mol. The van der Waals surface area contributed by atoms with E-state index in [1.54, 1.807) is 0 Å². The molecule has 20 heavy (non-hydrogen) atoms. The zero-order valence-electron chi connectivity index (χ0n) is 12.1. The fourth-order valence-corrected chi connectivity index (χ4v) is 4.36. The maximum Gasteiger partial charge on any atom is 0.229 e. The molecule has 112 valence electrons. The topological polar surface area (TPSA) is 68.2 Å². The van der Waals surface area contributed by atoms with Gasteiger partial charge < -0.3 is 10.3 Å². The minimum atomic E-state index is 0.312. The molecule has 1 aliphatic heterocycles. The lowest BCUT2D eigenvalue weighted by Crippen LogP contribution is -2.33. The van der Waals surface area contributed by atoms with Crippen LogP contribution in [0.15, 0.2) is 4.52 Å². The van der Waals surface area contributed by atoms with Gasteiger partial charge in [-0.3, -0.25) is 4.90 Å². The SMILES string of the molecule is CN1CCSCC1c1noc(C2CCC(CN)CC2)n1. The molecule has 0 aromatic carbocycles. The highest BCUT2D eigenvalue weighted by molar-refractivity contribution is 7.99. The highest BCUT2D eigenvalue weighted by Gasteiger charge is 2.29. The molecule has 1 aromatic rings. The van der Waals surface area contributed by atoms with E-state index >= 15 is 0 Å². The Morgan fingerprint density at radius 2 is 2.15 bits per heavy atom. The summed E-state index contributed by atoms with van der Waals surface area (Å²) >= 11 is 1.97. The quantitative estimate of drug-likeness (QED) is 0.920. The summed E-state index contributed by atoms with van der Waals surface area (Å²) in [5.74, 6) is 5.11. The second kappa shape index (κ2) is 6.45. The predicted octanol–water partition coefficient (Wildman–Crippen LogP) is 2.02. The van der Waals surface area contributed by atoms with Gasteiger partial charge in [0.1, 0.15) is 0 Å². The third kappa shape index (κ3) is 3.02. The molecular formula is C14H24N4OS. The van der Waals surface area contributed by atoms with Crippen molar-refractivity contribution in [3.8, 4) is 0 Å². The molecule has 0 radical (unpaired) electrons. The smallest absolute Gasteiger partial charge is 0.229 e. The summed E-state index contributed by atoms with van der Waals surface area (Å²) < 4.78 is 5.55. The van der Waals surface area contributed by atoms with Gasteiger partial charge in [-0.2, -0.15) is 16.7 Å². The third-order valence-corrected chi connectivity index (χ3v) is 5.70. The fraction of sp³-hybridized carbons (Fsp3) is 0.857. The molecule has 0 bridgehead atoms. The van der Waals surface area contributed by atoms with Gasteiger partial charge in [-0.25, -0.2) is 0 Å². The van der Waals surface area contributed by atoms with Crippen LogP contribution in [0.5, 0.6) is 0 Å². The van der Waals surface area contributed by atoms with Crippen LogP contribution in [0.25, 0.3) is 0 Å². The summed E-state index contributed by atoms with van der Waals surface area (Å²) in [6.07, 6.45) is 4.66. The van der Waals surface area contributed by atoms with Crippen LogP contribution in [-0.4, -0.2) is 46.7 Å². The number of nitrogens with two attached hydrogens (primary N) is 1. The number of rotatable bonds is 3. The van der Waals surface area contributed by atoms with Crippen molar-refractivity contribution >= 4 is 11.8 Å². The van der Waals surface area contributed by atoms with Crippen LogP contribution in [0, 0.1) is 5.92 Å². The first-order valence-corrected chi connectivity index (χ1v) is 8.75. The second-order valence-electron chi connectivity index (χ2n) is 6.02. The summed E-state index contributed by atoms with van der Waals surface area (Å²) in [5, 5.41) is 4.24. The Bertz CT molecular complexity index is 431. The molecule has 1 unspecified atom stereocenters. The summed E-state index contributed by atoms with van der Waals surface area (Å²) in [4.78, 5) is 7.02. The van der Waals surface area contributed by atoms with Crippen molar-refractivity contribution < 1.29 is 4.52 Å². The van der Waals surface area contributed by atoms with Crippen LogP contribution in [0.1, 0.15) is 49.4 Å². The summed E-state index contributed by atoms with van der Waals surface area (Å²) in [5.41, 5.74) is 5.75. The first-order valence-electron chi connectivity index (χ1n) is 7.59. The zero-order chi connectivity index (χ0) is 13.9. The van der Waals surface area contributed by atoms with Crippen LogP contribution < -0.4 is 5.73 Å². The molecule has 2 heterocycles. The Morgan fingerprint density at radius 1 is 1.35 bits per heavy atom. The molecule has 1 atom stereocenters. The van der Waals surface area contributed by atoms with Crippen molar-refractivity contribution in [1.82, 2.24) is 15.0 Å². The van der Waals surface area contributed by atoms with Gasteiger partial charge in [0.05, 0.1) is 6.04 Å². The maximum absolute atomic E-state index is 5.75. The molecule has 2 fully saturated rings. The van der Waals surface area contributed by atoms with Gasteiger partial charge in [0.2, 0.25) is 5.89 Å². The van der Waals surface area contributed by atoms with Crippen molar-refractivity contribution in [3.05, 3.63) is 11.7 Å². The van der Waals surface area contributed by atoms with Crippen LogP contribution >= 0.6 is 11.8 Å². The molecule has 6 heteroatoms. The Balaban J connectivity index is 1.64. The van der Waals surface area contributed by atoms with Gasteiger partial charge in [0.15, 0.2) is 5.82 Å². The van der Waals surface area contributed by atoms with E-state index in [0.717, 1.165) is 43.4 Å². The molecule has 3 rings (SSSR count). The van der Waals surface area contributed by atoms with E-state index in [2.05, 4.69) is 17.1 Å². The molecule has 0 spiro atoms. The van der Waals surface area contributed by atoms with Crippen LogP contribution in [-0.2, 0) is 0 Å². The number of hydrogen-bond donors (Lipinski definition) is 1. The van der Waals surface area contributed by atoms with Crippen molar-refractivity contribution in [1.29, 1.82) is 0 Å². The normalized spacial score (nSPS) is 32.4. The Kier molecular flexibility index (Phi) is 4.63. The van der Waals surface area contributed by atoms with E-state index in [1.165, 1.54) is 18.6 Å². The zero-order valence-corrected chi connectivity index (χ0v) is 12.9. The average molecular weight is 296 g/mol. The summed E-state index contributed by atoms with van der Waals surface area (Å²) in [7, 11) is 2.15. The Labute approximate surface area is 124 Å². The first kappa shape index (κ1) is 14.4.